The molecule has 8 nitrogen and oxygen atoms in total. The molecule has 1 amide bonds. The van der Waals surface area contributed by atoms with Gasteiger partial charge < -0.3 is 10.0 Å². The standard InChI is InChI=1S/C21H23N5O3/c1-14-20(21(29)25-11-3-4-15(13-25)6-9-19(27)28)23-24-26(14)17-7-8-18-16(12-17)5-2-10-22-18/h2,5,7-8,10,12,15H,3-4,6,9,11,13H2,1H3,(H,27,28). The number of carboxylic acid groups (broad SMARTS) is 1. The maximum atomic E-state index is 13.0. The van der Waals surface area contributed by atoms with Crippen molar-refractivity contribution in [3.05, 3.63) is 47.9 Å². The third-order valence-electron chi connectivity index (χ3n) is 5.50. The van der Waals surface area contributed by atoms with Crippen molar-refractivity contribution < 1.29 is 14.7 Å². The van der Waals surface area contributed by atoms with Gasteiger partial charge in [0.15, 0.2) is 5.69 Å². The lowest BCUT2D eigenvalue weighted by Crippen LogP contribution is -2.40. The molecule has 29 heavy (non-hydrogen) atoms. The highest BCUT2D eigenvalue weighted by Crippen LogP contribution is 2.24. The van der Waals surface area contributed by atoms with Crippen LogP contribution in [0.15, 0.2) is 36.5 Å². The molecule has 1 aliphatic heterocycles. The fourth-order valence-corrected chi connectivity index (χ4v) is 3.93. The molecule has 150 valence electrons. The van der Waals surface area contributed by atoms with Gasteiger partial charge in [-0.2, -0.15) is 0 Å². The monoisotopic (exact) mass is 393 g/mol. The predicted molar refractivity (Wildman–Crippen MR) is 107 cm³/mol. The molecule has 1 unspecified atom stereocenters. The van der Waals surface area contributed by atoms with Gasteiger partial charge in [0.05, 0.1) is 16.9 Å². The van der Waals surface area contributed by atoms with E-state index < -0.39 is 5.97 Å². The van der Waals surface area contributed by atoms with Crippen LogP contribution in [0.1, 0.15) is 41.9 Å². The highest BCUT2D eigenvalue weighted by Gasteiger charge is 2.28. The lowest BCUT2D eigenvalue weighted by molar-refractivity contribution is -0.137. The van der Waals surface area contributed by atoms with E-state index in [0.717, 1.165) is 29.4 Å². The molecule has 3 heterocycles. The van der Waals surface area contributed by atoms with Crippen LogP contribution in [0.4, 0.5) is 0 Å². The zero-order chi connectivity index (χ0) is 20.4. The van der Waals surface area contributed by atoms with Crippen LogP contribution < -0.4 is 0 Å². The number of rotatable bonds is 5. The van der Waals surface area contributed by atoms with Gasteiger partial charge in [-0.15, -0.1) is 5.10 Å². The highest BCUT2D eigenvalue weighted by atomic mass is 16.4. The second-order valence-electron chi connectivity index (χ2n) is 7.51. The van der Waals surface area contributed by atoms with Gasteiger partial charge in [0.25, 0.3) is 5.91 Å². The van der Waals surface area contributed by atoms with Crippen molar-refractivity contribution >= 4 is 22.8 Å². The van der Waals surface area contributed by atoms with Crippen molar-refractivity contribution in [2.45, 2.75) is 32.6 Å². The zero-order valence-electron chi connectivity index (χ0n) is 16.3. The number of pyridine rings is 1. The molecule has 0 spiro atoms. The number of aromatic nitrogens is 4. The summed E-state index contributed by atoms with van der Waals surface area (Å²) >= 11 is 0. The molecule has 0 saturated carbocycles. The van der Waals surface area contributed by atoms with E-state index >= 15 is 0 Å². The maximum absolute atomic E-state index is 13.0. The topological polar surface area (TPSA) is 101 Å². The summed E-state index contributed by atoms with van der Waals surface area (Å²) in [5, 5.41) is 18.3. The minimum atomic E-state index is -0.794. The van der Waals surface area contributed by atoms with E-state index in [-0.39, 0.29) is 18.2 Å². The summed E-state index contributed by atoms with van der Waals surface area (Å²) in [6, 6.07) is 9.67. The second-order valence-corrected chi connectivity index (χ2v) is 7.51. The molecule has 1 fully saturated rings. The third-order valence-corrected chi connectivity index (χ3v) is 5.50. The predicted octanol–water partition coefficient (Wildman–Crippen LogP) is 2.84. The molecule has 0 aliphatic carbocycles. The quantitative estimate of drug-likeness (QED) is 0.715. The zero-order valence-corrected chi connectivity index (χ0v) is 16.3. The summed E-state index contributed by atoms with van der Waals surface area (Å²) in [5.74, 6) is -0.721. The molecule has 2 aromatic heterocycles. The number of aliphatic carboxylic acids is 1. The van der Waals surface area contributed by atoms with E-state index in [1.165, 1.54) is 0 Å². The van der Waals surface area contributed by atoms with E-state index in [1.807, 2.05) is 37.3 Å². The fourth-order valence-electron chi connectivity index (χ4n) is 3.93. The van der Waals surface area contributed by atoms with Crippen LogP contribution in [-0.2, 0) is 4.79 Å². The molecule has 0 radical (unpaired) electrons. The Morgan fingerprint density at radius 1 is 1.28 bits per heavy atom. The minimum absolute atomic E-state index is 0.138. The van der Waals surface area contributed by atoms with Gasteiger partial charge in [0.2, 0.25) is 0 Å². The highest BCUT2D eigenvalue weighted by molar-refractivity contribution is 5.93. The second kappa shape index (κ2) is 7.98. The number of carbonyl (C=O) groups excluding carboxylic acids is 1. The summed E-state index contributed by atoms with van der Waals surface area (Å²) in [5.41, 5.74) is 2.75. The van der Waals surface area contributed by atoms with Crippen molar-refractivity contribution in [2.24, 2.45) is 5.92 Å². The number of carbonyl (C=O) groups is 2. The van der Waals surface area contributed by atoms with Gasteiger partial charge in [-0.3, -0.25) is 14.6 Å². The van der Waals surface area contributed by atoms with Gasteiger partial charge >= 0.3 is 5.97 Å². The van der Waals surface area contributed by atoms with Crippen molar-refractivity contribution in [3.63, 3.8) is 0 Å². The number of likely N-dealkylation sites (tertiary alicyclic amines) is 1. The first-order valence-electron chi connectivity index (χ1n) is 9.81. The maximum Gasteiger partial charge on any atom is 0.303 e. The van der Waals surface area contributed by atoms with Crippen molar-refractivity contribution in [1.82, 2.24) is 24.9 Å². The van der Waals surface area contributed by atoms with Crippen LogP contribution in [-0.4, -0.2) is 55.0 Å². The number of hydrogen-bond acceptors (Lipinski definition) is 5. The van der Waals surface area contributed by atoms with Gasteiger partial charge in [-0.25, -0.2) is 4.68 Å². The van der Waals surface area contributed by atoms with E-state index in [4.69, 9.17) is 5.11 Å². The normalized spacial score (nSPS) is 16.9. The molecule has 4 rings (SSSR count). The number of piperidine rings is 1. The molecule has 1 atom stereocenters. The fraction of sp³-hybridized carbons (Fsp3) is 0.381. The SMILES string of the molecule is Cc1c(C(=O)N2CCCC(CCC(=O)O)C2)nnn1-c1ccc2ncccc2c1. The van der Waals surface area contributed by atoms with Gasteiger partial charge in [0.1, 0.15) is 0 Å². The molecule has 1 aliphatic rings. The number of nitrogens with zero attached hydrogens (tertiary/aromatic N) is 5. The molecular formula is C21H23N5O3. The molecule has 3 aromatic rings. The van der Waals surface area contributed by atoms with Gasteiger partial charge in [-0.1, -0.05) is 11.3 Å². The Bertz CT molecular complexity index is 1060. The molecule has 0 bridgehead atoms. The van der Waals surface area contributed by atoms with Gasteiger partial charge in [-0.05, 0) is 56.4 Å². The number of hydrogen-bond donors (Lipinski definition) is 1. The minimum Gasteiger partial charge on any atom is -0.481 e. The largest absolute Gasteiger partial charge is 0.481 e. The summed E-state index contributed by atoms with van der Waals surface area (Å²) in [6.45, 7) is 3.07. The van der Waals surface area contributed by atoms with Crippen LogP contribution in [0.25, 0.3) is 16.6 Å². The van der Waals surface area contributed by atoms with E-state index in [9.17, 15) is 9.59 Å². The van der Waals surface area contributed by atoms with Crippen LogP contribution in [0.5, 0.6) is 0 Å². The summed E-state index contributed by atoms with van der Waals surface area (Å²) in [7, 11) is 0. The first-order chi connectivity index (χ1) is 14.0. The average molecular weight is 393 g/mol. The Morgan fingerprint density at radius 2 is 2.14 bits per heavy atom. The van der Waals surface area contributed by atoms with E-state index in [0.29, 0.717) is 30.9 Å². The number of amides is 1. The molecule has 1 aromatic carbocycles. The van der Waals surface area contributed by atoms with Gasteiger partial charge in [0, 0.05) is 31.1 Å². The first kappa shape index (κ1) is 19.0. The first-order valence-corrected chi connectivity index (χ1v) is 9.81. The molecule has 1 saturated heterocycles. The molecular weight excluding hydrogens is 370 g/mol. The number of carboxylic acids is 1. The Balaban J connectivity index is 1.54. The number of fused-ring (bicyclic) bond motifs is 1. The van der Waals surface area contributed by atoms with Crippen LogP contribution in [0, 0.1) is 12.8 Å². The Labute approximate surface area is 168 Å². The van der Waals surface area contributed by atoms with Crippen LogP contribution in [0.3, 0.4) is 0 Å². The molecule has 8 heteroatoms. The smallest absolute Gasteiger partial charge is 0.303 e. The Morgan fingerprint density at radius 3 is 2.97 bits per heavy atom. The molecule has 1 N–H and O–H groups in total. The summed E-state index contributed by atoms with van der Waals surface area (Å²) in [4.78, 5) is 30.0. The summed E-state index contributed by atoms with van der Waals surface area (Å²) < 4.78 is 1.67. The van der Waals surface area contributed by atoms with E-state index in [1.54, 1.807) is 15.8 Å². The van der Waals surface area contributed by atoms with Crippen molar-refractivity contribution in [2.75, 3.05) is 13.1 Å². The number of benzene rings is 1. The third kappa shape index (κ3) is 3.96. The van der Waals surface area contributed by atoms with Crippen molar-refractivity contribution in [1.29, 1.82) is 0 Å². The van der Waals surface area contributed by atoms with Crippen LogP contribution in [0.2, 0.25) is 0 Å². The lowest BCUT2D eigenvalue weighted by Gasteiger charge is -2.32. The Kier molecular flexibility index (Phi) is 5.24. The van der Waals surface area contributed by atoms with Crippen molar-refractivity contribution in [3.8, 4) is 5.69 Å². The Hall–Kier alpha value is -3.29. The van der Waals surface area contributed by atoms with E-state index in [2.05, 4.69) is 15.3 Å². The lowest BCUT2D eigenvalue weighted by atomic mass is 9.93. The summed E-state index contributed by atoms with van der Waals surface area (Å²) in [6.07, 6.45) is 4.31. The van der Waals surface area contributed by atoms with Crippen LogP contribution >= 0.6 is 0 Å². The average Bonchev–Trinajstić information content (AvgIpc) is 3.13.